The van der Waals surface area contributed by atoms with Crippen molar-refractivity contribution >= 4 is 23.1 Å². The van der Waals surface area contributed by atoms with Crippen LogP contribution >= 0.6 is 0 Å². The average molecular weight is 350 g/mol. The van der Waals surface area contributed by atoms with Gasteiger partial charge in [-0.2, -0.15) is 0 Å². The van der Waals surface area contributed by atoms with Gasteiger partial charge in [0.2, 0.25) is 0 Å². The summed E-state index contributed by atoms with van der Waals surface area (Å²) in [4.78, 5) is 35.7. The van der Waals surface area contributed by atoms with Gasteiger partial charge in [0.05, 0.1) is 24.6 Å². The Hall–Kier alpha value is -2.48. The highest BCUT2D eigenvalue weighted by molar-refractivity contribution is 5.95. The van der Waals surface area contributed by atoms with Crippen LogP contribution in [0, 0.1) is 10.1 Å². The molecule has 0 aromatic heterocycles. The van der Waals surface area contributed by atoms with E-state index in [0.717, 1.165) is 12.8 Å². The monoisotopic (exact) mass is 350 g/mol. The third-order valence-electron chi connectivity index (χ3n) is 4.18. The first-order chi connectivity index (χ1) is 11.9. The summed E-state index contributed by atoms with van der Waals surface area (Å²) in [6.45, 7) is 2.74. The van der Waals surface area contributed by atoms with E-state index in [2.05, 4.69) is 4.74 Å². The van der Waals surface area contributed by atoms with Crippen molar-refractivity contribution in [2.24, 2.45) is 0 Å². The van der Waals surface area contributed by atoms with Crippen molar-refractivity contribution in [3.63, 3.8) is 0 Å². The molecule has 8 heteroatoms. The second kappa shape index (κ2) is 8.57. The van der Waals surface area contributed by atoms with Gasteiger partial charge in [0.1, 0.15) is 5.69 Å². The summed E-state index contributed by atoms with van der Waals surface area (Å²) in [5, 5.41) is 11.5. The van der Waals surface area contributed by atoms with Crippen LogP contribution in [0.5, 0.6) is 0 Å². The zero-order valence-electron chi connectivity index (χ0n) is 14.4. The molecule has 0 bridgehead atoms. The largest absolute Gasteiger partial charge is 0.469 e. The molecule has 8 nitrogen and oxygen atoms in total. The van der Waals surface area contributed by atoms with E-state index in [-0.39, 0.29) is 42.1 Å². The number of carbonyl (C=O) groups is 2. The summed E-state index contributed by atoms with van der Waals surface area (Å²) in [6, 6.07) is 4.39. The van der Waals surface area contributed by atoms with E-state index in [4.69, 9.17) is 4.74 Å². The number of hydrogen-bond acceptors (Lipinski definition) is 7. The van der Waals surface area contributed by atoms with E-state index in [1.54, 1.807) is 17.0 Å². The van der Waals surface area contributed by atoms with Crippen LogP contribution in [0.15, 0.2) is 18.2 Å². The van der Waals surface area contributed by atoms with Crippen molar-refractivity contribution in [3.8, 4) is 0 Å². The van der Waals surface area contributed by atoms with Gasteiger partial charge >= 0.3 is 5.97 Å². The van der Waals surface area contributed by atoms with Gasteiger partial charge in [0.25, 0.3) is 5.69 Å². The minimum Gasteiger partial charge on any atom is -0.469 e. The standard InChI is InChI=1S/C17H22N2O6/c1-12(20)13-5-6-15(16(10-13)19(22)23)18(8-7-17(21)24-2)11-14-4-3-9-25-14/h5-6,10,14H,3-4,7-9,11H2,1-2H3. The predicted octanol–water partition coefficient (Wildman–Crippen LogP) is 2.35. The lowest BCUT2D eigenvalue weighted by atomic mass is 10.1. The molecule has 1 unspecified atom stereocenters. The second-order valence-corrected chi connectivity index (χ2v) is 5.92. The molecule has 1 saturated heterocycles. The molecule has 1 heterocycles. The Kier molecular flexibility index (Phi) is 6.46. The number of methoxy groups -OCH3 is 1. The molecular formula is C17H22N2O6. The first-order valence-corrected chi connectivity index (χ1v) is 8.15. The number of carbonyl (C=O) groups excluding carboxylic acids is 2. The van der Waals surface area contributed by atoms with E-state index < -0.39 is 4.92 Å². The van der Waals surface area contributed by atoms with Crippen LogP contribution in [0.2, 0.25) is 0 Å². The minimum absolute atomic E-state index is 0.0373. The van der Waals surface area contributed by atoms with Gasteiger partial charge in [0, 0.05) is 31.3 Å². The van der Waals surface area contributed by atoms with Crippen LogP contribution in [0.1, 0.15) is 36.5 Å². The van der Waals surface area contributed by atoms with Crippen LogP contribution in [-0.4, -0.2) is 49.6 Å². The third-order valence-corrected chi connectivity index (χ3v) is 4.18. The van der Waals surface area contributed by atoms with Gasteiger partial charge < -0.3 is 14.4 Å². The molecule has 0 N–H and O–H groups in total. The summed E-state index contributed by atoms with van der Waals surface area (Å²) in [6.07, 6.45) is 1.88. The number of anilines is 1. The average Bonchev–Trinajstić information content (AvgIpc) is 3.10. The number of hydrogen-bond donors (Lipinski definition) is 0. The normalized spacial score (nSPS) is 16.5. The number of ether oxygens (including phenoxy) is 2. The van der Waals surface area contributed by atoms with Crippen molar-refractivity contribution in [2.75, 3.05) is 31.7 Å². The zero-order valence-corrected chi connectivity index (χ0v) is 14.4. The van der Waals surface area contributed by atoms with E-state index in [1.807, 2.05) is 0 Å². The zero-order chi connectivity index (χ0) is 18.4. The molecule has 1 fully saturated rings. The van der Waals surface area contributed by atoms with Crippen LogP contribution in [0.4, 0.5) is 11.4 Å². The smallest absolute Gasteiger partial charge is 0.307 e. The maximum absolute atomic E-state index is 11.5. The first kappa shape index (κ1) is 18.9. The molecule has 25 heavy (non-hydrogen) atoms. The maximum atomic E-state index is 11.5. The molecule has 1 aliphatic rings. The predicted molar refractivity (Wildman–Crippen MR) is 90.9 cm³/mol. The summed E-state index contributed by atoms with van der Waals surface area (Å²) in [5.74, 6) is -0.629. The number of rotatable bonds is 8. The Balaban J connectivity index is 2.31. The molecule has 1 aromatic rings. The summed E-state index contributed by atoms with van der Waals surface area (Å²) in [7, 11) is 1.30. The summed E-state index contributed by atoms with van der Waals surface area (Å²) in [5.41, 5.74) is 0.491. The van der Waals surface area contributed by atoms with Crippen molar-refractivity contribution in [3.05, 3.63) is 33.9 Å². The summed E-state index contributed by atoms with van der Waals surface area (Å²) < 4.78 is 10.3. The highest BCUT2D eigenvalue weighted by Gasteiger charge is 2.26. The van der Waals surface area contributed by atoms with Gasteiger partial charge in [-0.15, -0.1) is 0 Å². The van der Waals surface area contributed by atoms with E-state index >= 15 is 0 Å². The van der Waals surface area contributed by atoms with Gasteiger partial charge in [0.15, 0.2) is 5.78 Å². The number of Topliss-reactive ketones (excluding diaryl/α,β-unsaturated/α-hetero) is 1. The molecule has 136 valence electrons. The number of ketones is 1. The number of esters is 1. The van der Waals surface area contributed by atoms with Crippen molar-refractivity contribution < 1.29 is 24.0 Å². The lowest BCUT2D eigenvalue weighted by Crippen LogP contribution is -2.34. The van der Waals surface area contributed by atoms with Crippen LogP contribution in [-0.2, 0) is 14.3 Å². The van der Waals surface area contributed by atoms with E-state index in [0.29, 0.717) is 18.8 Å². The molecule has 1 aliphatic heterocycles. The fraction of sp³-hybridized carbons (Fsp3) is 0.529. The second-order valence-electron chi connectivity index (χ2n) is 5.92. The topological polar surface area (TPSA) is 99.0 Å². The Morgan fingerprint density at radius 2 is 2.20 bits per heavy atom. The number of nitro benzene ring substituents is 1. The molecule has 0 amide bonds. The molecule has 0 radical (unpaired) electrons. The van der Waals surface area contributed by atoms with Gasteiger partial charge in [-0.3, -0.25) is 19.7 Å². The van der Waals surface area contributed by atoms with Gasteiger partial charge in [-0.05, 0) is 31.9 Å². The SMILES string of the molecule is COC(=O)CCN(CC1CCCO1)c1ccc(C(C)=O)cc1[N+](=O)[O-]. The third kappa shape index (κ3) is 4.99. The number of nitrogens with zero attached hydrogens (tertiary/aromatic N) is 2. The highest BCUT2D eigenvalue weighted by atomic mass is 16.6. The van der Waals surface area contributed by atoms with Crippen LogP contribution < -0.4 is 4.90 Å². The molecule has 0 spiro atoms. The van der Waals surface area contributed by atoms with Crippen molar-refractivity contribution in [2.45, 2.75) is 32.3 Å². The fourth-order valence-electron chi connectivity index (χ4n) is 2.83. The summed E-state index contributed by atoms with van der Waals surface area (Å²) >= 11 is 0. The Labute approximate surface area is 145 Å². The molecule has 1 atom stereocenters. The van der Waals surface area contributed by atoms with Crippen LogP contribution in [0.25, 0.3) is 0 Å². The lowest BCUT2D eigenvalue weighted by molar-refractivity contribution is -0.384. The van der Waals surface area contributed by atoms with E-state index in [9.17, 15) is 19.7 Å². The molecule has 0 aliphatic carbocycles. The minimum atomic E-state index is -0.511. The Bertz CT molecular complexity index is 655. The van der Waals surface area contributed by atoms with Gasteiger partial charge in [-0.1, -0.05) is 0 Å². The number of benzene rings is 1. The molecular weight excluding hydrogens is 328 g/mol. The maximum Gasteiger partial charge on any atom is 0.307 e. The van der Waals surface area contributed by atoms with Gasteiger partial charge in [-0.25, -0.2) is 0 Å². The van der Waals surface area contributed by atoms with Crippen molar-refractivity contribution in [1.29, 1.82) is 0 Å². The fourth-order valence-corrected chi connectivity index (χ4v) is 2.83. The highest BCUT2D eigenvalue weighted by Crippen LogP contribution is 2.31. The van der Waals surface area contributed by atoms with E-state index in [1.165, 1.54) is 20.1 Å². The Morgan fingerprint density at radius 1 is 1.44 bits per heavy atom. The Morgan fingerprint density at radius 3 is 2.76 bits per heavy atom. The molecule has 0 saturated carbocycles. The molecule has 1 aromatic carbocycles. The first-order valence-electron chi connectivity index (χ1n) is 8.15. The van der Waals surface area contributed by atoms with Crippen molar-refractivity contribution in [1.82, 2.24) is 0 Å². The number of nitro groups is 1. The quantitative estimate of drug-likeness (QED) is 0.307. The molecule has 2 rings (SSSR count). The lowest BCUT2D eigenvalue weighted by Gasteiger charge is -2.27. The van der Waals surface area contributed by atoms with Crippen LogP contribution in [0.3, 0.4) is 0 Å².